The fraction of sp³-hybridized carbons (Fsp3) is 0.452. The number of fused-ring (bicyclic) bond motifs is 1. The first-order valence-electron chi connectivity index (χ1n) is 13.8. The van der Waals surface area contributed by atoms with Crippen molar-refractivity contribution in [3.8, 4) is 0 Å². The molecule has 0 radical (unpaired) electrons. The van der Waals surface area contributed by atoms with Gasteiger partial charge in [0.1, 0.15) is 17.6 Å². The molecule has 0 spiro atoms. The molecule has 6 rings (SSSR count). The third-order valence-electron chi connectivity index (χ3n) is 8.58. The highest BCUT2D eigenvalue weighted by Gasteiger charge is 2.52. The minimum absolute atomic E-state index is 0.0199. The van der Waals surface area contributed by atoms with Gasteiger partial charge >= 0.3 is 0 Å². The maximum absolute atomic E-state index is 13.9. The lowest BCUT2D eigenvalue weighted by atomic mass is 9.91. The lowest BCUT2D eigenvalue weighted by Gasteiger charge is -2.28. The van der Waals surface area contributed by atoms with Crippen LogP contribution in [0.1, 0.15) is 71.1 Å². The van der Waals surface area contributed by atoms with Gasteiger partial charge in [0, 0.05) is 19.8 Å². The maximum Gasteiger partial charge on any atom is 0.239 e. The number of amides is 1. The third-order valence-corrected chi connectivity index (χ3v) is 10.3. The van der Waals surface area contributed by atoms with Crippen molar-refractivity contribution in [1.82, 2.24) is 5.32 Å². The summed E-state index contributed by atoms with van der Waals surface area (Å²) in [6.45, 7) is 7.86. The molecule has 1 aromatic heterocycles. The molecule has 1 saturated carbocycles. The van der Waals surface area contributed by atoms with E-state index < -0.39 is 21.5 Å². The predicted molar refractivity (Wildman–Crippen MR) is 150 cm³/mol. The van der Waals surface area contributed by atoms with Crippen LogP contribution < -0.4 is 9.62 Å². The highest BCUT2D eigenvalue weighted by atomic mass is 32.2. The van der Waals surface area contributed by atoms with Crippen LogP contribution in [0.3, 0.4) is 0 Å². The van der Waals surface area contributed by atoms with Gasteiger partial charge in [0.25, 0.3) is 0 Å². The van der Waals surface area contributed by atoms with E-state index in [1.807, 2.05) is 37.3 Å². The average Bonchev–Trinajstić information content (AvgIpc) is 3.54. The van der Waals surface area contributed by atoms with Crippen molar-refractivity contribution >= 4 is 21.6 Å². The van der Waals surface area contributed by atoms with Gasteiger partial charge in [-0.1, -0.05) is 35.9 Å². The van der Waals surface area contributed by atoms with E-state index in [0.29, 0.717) is 31.4 Å². The summed E-state index contributed by atoms with van der Waals surface area (Å²) in [4.78, 5) is 13.9. The van der Waals surface area contributed by atoms with Gasteiger partial charge in [0.15, 0.2) is 0 Å². The number of nitrogens with zero attached hydrogens (tertiary/aromatic N) is 1. The molecule has 2 fully saturated rings. The van der Waals surface area contributed by atoms with Gasteiger partial charge in [-0.05, 0) is 92.8 Å². The monoisotopic (exact) mass is 548 g/mol. The average molecular weight is 549 g/mol. The van der Waals surface area contributed by atoms with E-state index in [4.69, 9.17) is 9.15 Å². The lowest BCUT2D eigenvalue weighted by Crippen LogP contribution is -2.38. The van der Waals surface area contributed by atoms with Gasteiger partial charge in [-0.3, -0.25) is 9.10 Å². The number of hydrogen-bond acceptors (Lipinski definition) is 5. The number of hydrogen-bond donors (Lipinski definition) is 1. The first-order valence-corrected chi connectivity index (χ1v) is 15.4. The summed E-state index contributed by atoms with van der Waals surface area (Å²) in [6.07, 6.45) is 3.21. The molecule has 1 unspecified atom stereocenters. The second-order valence-corrected chi connectivity index (χ2v) is 13.4. The van der Waals surface area contributed by atoms with Crippen molar-refractivity contribution in [2.45, 2.75) is 63.7 Å². The molecule has 1 saturated heterocycles. The Kier molecular flexibility index (Phi) is 6.58. The summed E-state index contributed by atoms with van der Waals surface area (Å²) >= 11 is 0. The molecule has 7 nitrogen and oxygen atoms in total. The van der Waals surface area contributed by atoms with Gasteiger partial charge in [-0.15, -0.1) is 0 Å². The first kappa shape index (κ1) is 26.1. The Balaban J connectivity index is 1.27. The van der Waals surface area contributed by atoms with Crippen LogP contribution in [0.4, 0.5) is 5.69 Å². The molecule has 2 aromatic carbocycles. The molecule has 1 N–H and O–H groups in total. The predicted octanol–water partition coefficient (Wildman–Crippen LogP) is 5.22. The molecule has 3 aliphatic rings. The Hall–Kier alpha value is -3.10. The molecule has 1 atom stereocenters. The topological polar surface area (TPSA) is 88.9 Å². The van der Waals surface area contributed by atoms with Gasteiger partial charge in [-0.2, -0.15) is 0 Å². The van der Waals surface area contributed by atoms with Crippen molar-refractivity contribution in [3.05, 3.63) is 87.9 Å². The molecule has 2 aliphatic heterocycles. The van der Waals surface area contributed by atoms with Gasteiger partial charge in [0.2, 0.25) is 15.9 Å². The number of nitrogens with one attached hydrogen (secondary N) is 1. The second-order valence-electron chi connectivity index (χ2n) is 11.5. The zero-order valence-corrected chi connectivity index (χ0v) is 23.6. The zero-order chi connectivity index (χ0) is 27.4. The number of carbonyl (C=O) groups is 1. The second kappa shape index (κ2) is 9.82. The highest BCUT2D eigenvalue weighted by molar-refractivity contribution is 7.92. The summed E-state index contributed by atoms with van der Waals surface area (Å²) in [5.41, 5.74) is 5.01. The van der Waals surface area contributed by atoms with Crippen LogP contribution >= 0.6 is 0 Å². The van der Waals surface area contributed by atoms with Gasteiger partial charge in [-0.25, -0.2) is 8.42 Å². The fourth-order valence-corrected chi connectivity index (χ4v) is 7.84. The lowest BCUT2D eigenvalue weighted by molar-refractivity contribution is -0.124. The molecule has 1 amide bonds. The van der Waals surface area contributed by atoms with E-state index in [9.17, 15) is 13.2 Å². The summed E-state index contributed by atoms with van der Waals surface area (Å²) in [6, 6.07) is 15.5. The summed E-state index contributed by atoms with van der Waals surface area (Å²) in [5.74, 6) is 1.72. The Labute approximate surface area is 230 Å². The summed E-state index contributed by atoms with van der Waals surface area (Å²) in [5, 5.41) is 3.30. The Morgan fingerprint density at radius 2 is 1.82 bits per heavy atom. The number of sulfonamides is 1. The quantitative estimate of drug-likeness (QED) is 0.437. The van der Waals surface area contributed by atoms with Crippen molar-refractivity contribution in [3.63, 3.8) is 0 Å². The van der Waals surface area contributed by atoms with Crippen LogP contribution in [-0.4, -0.2) is 34.1 Å². The van der Waals surface area contributed by atoms with Crippen molar-refractivity contribution in [2.24, 2.45) is 5.92 Å². The fourth-order valence-electron chi connectivity index (χ4n) is 6.14. The Morgan fingerprint density at radius 1 is 1.05 bits per heavy atom. The Morgan fingerprint density at radius 3 is 2.49 bits per heavy atom. The maximum atomic E-state index is 13.9. The molecule has 206 valence electrons. The number of ether oxygens (including phenoxy) is 1. The molecular weight excluding hydrogens is 512 g/mol. The molecule has 1 aliphatic carbocycles. The van der Waals surface area contributed by atoms with Crippen LogP contribution in [0.25, 0.3) is 0 Å². The number of aryl methyl sites for hydroxylation is 3. The third kappa shape index (κ3) is 4.89. The number of carbonyl (C=O) groups excluding carboxylic acids is 1. The summed E-state index contributed by atoms with van der Waals surface area (Å²) < 4.78 is 39.3. The molecule has 39 heavy (non-hydrogen) atoms. The smallest absolute Gasteiger partial charge is 0.239 e. The molecule has 3 heterocycles. The minimum atomic E-state index is -3.43. The number of furan rings is 1. The van der Waals surface area contributed by atoms with E-state index in [0.717, 1.165) is 64.9 Å². The van der Waals surface area contributed by atoms with E-state index in [1.54, 1.807) is 4.31 Å². The standard InChI is InChI=1S/C31H36N2O5S/c1-20-4-7-26(21(2)16-20)29(28-9-5-22(3)38-28)32-30(34)31(12-13-31)25-6-8-27-24(17-25)19-39(35,36)33(27)18-23-10-14-37-15-11-23/h4-9,16-17,23,29H,10-15,18-19H2,1-3H3,(H,32,34). The van der Waals surface area contributed by atoms with Gasteiger partial charge in [0.05, 0.1) is 16.9 Å². The van der Waals surface area contributed by atoms with Crippen LogP contribution in [0, 0.1) is 26.7 Å². The van der Waals surface area contributed by atoms with Crippen molar-refractivity contribution in [1.29, 1.82) is 0 Å². The van der Waals surface area contributed by atoms with Gasteiger partial charge < -0.3 is 14.5 Å². The van der Waals surface area contributed by atoms with Crippen molar-refractivity contribution in [2.75, 3.05) is 24.1 Å². The number of rotatable bonds is 7. The van der Waals surface area contributed by atoms with E-state index in [-0.39, 0.29) is 11.7 Å². The minimum Gasteiger partial charge on any atom is -0.464 e. The normalized spacial score (nSPS) is 20.4. The van der Waals surface area contributed by atoms with Crippen LogP contribution in [0.5, 0.6) is 0 Å². The van der Waals surface area contributed by atoms with E-state index in [1.165, 1.54) is 0 Å². The number of anilines is 1. The Bertz CT molecular complexity index is 1520. The molecular formula is C31H36N2O5S. The van der Waals surface area contributed by atoms with Crippen molar-refractivity contribution < 1.29 is 22.4 Å². The molecule has 3 aromatic rings. The summed E-state index contributed by atoms with van der Waals surface area (Å²) in [7, 11) is -3.43. The molecule has 0 bridgehead atoms. The van der Waals surface area contributed by atoms with E-state index in [2.05, 4.69) is 37.4 Å². The zero-order valence-electron chi connectivity index (χ0n) is 22.8. The largest absolute Gasteiger partial charge is 0.464 e. The van der Waals surface area contributed by atoms with E-state index >= 15 is 0 Å². The van der Waals surface area contributed by atoms with Crippen LogP contribution in [-0.2, 0) is 30.7 Å². The van der Waals surface area contributed by atoms with Crippen LogP contribution in [0.15, 0.2) is 52.9 Å². The molecule has 8 heteroatoms. The number of benzene rings is 2. The highest BCUT2D eigenvalue weighted by Crippen LogP contribution is 2.51. The SMILES string of the molecule is Cc1ccc(C(NC(=O)C2(c3ccc4c(c3)CS(=O)(=O)N4CC3CCOCC3)CC2)c2ccc(C)o2)c(C)c1. The van der Waals surface area contributed by atoms with Crippen LogP contribution in [0.2, 0.25) is 0 Å². The first-order chi connectivity index (χ1) is 18.7.